The quantitative estimate of drug-likeness (QED) is 0.843. The van der Waals surface area contributed by atoms with Crippen LogP contribution in [0.1, 0.15) is 12.5 Å². The summed E-state index contributed by atoms with van der Waals surface area (Å²) in [7, 11) is 2.14. The van der Waals surface area contributed by atoms with E-state index in [2.05, 4.69) is 23.8 Å². The summed E-state index contributed by atoms with van der Waals surface area (Å²) < 4.78 is 0. The molecule has 1 aromatic rings. The molecule has 1 aliphatic rings. The average Bonchev–Trinajstić information content (AvgIpc) is 2.28. The summed E-state index contributed by atoms with van der Waals surface area (Å²) in [6.45, 7) is 5.24. The lowest BCUT2D eigenvalue weighted by atomic mass is 10.1. The standard InChI is InChI=1S/C13H18ClN3S/c1-9-8-16(2)6-7-17(9)11-5-3-4-10(14)12(11)13(15)18/h3-5,9H,6-8H2,1-2H3,(H2,15,18). The van der Waals surface area contributed by atoms with Crippen molar-refractivity contribution in [1.29, 1.82) is 0 Å². The van der Waals surface area contributed by atoms with E-state index in [9.17, 15) is 0 Å². The Morgan fingerprint density at radius 2 is 2.17 bits per heavy atom. The summed E-state index contributed by atoms with van der Waals surface area (Å²) in [5, 5.41) is 0.631. The molecule has 0 bridgehead atoms. The normalized spacial score (nSPS) is 21.1. The van der Waals surface area contributed by atoms with Gasteiger partial charge in [-0.25, -0.2) is 0 Å². The first-order valence-corrected chi connectivity index (χ1v) is 6.83. The molecule has 2 rings (SSSR count). The topological polar surface area (TPSA) is 32.5 Å². The second-order valence-electron chi connectivity index (χ2n) is 4.80. The fourth-order valence-corrected chi connectivity index (χ4v) is 3.04. The number of benzene rings is 1. The molecule has 1 aromatic carbocycles. The summed E-state index contributed by atoms with van der Waals surface area (Å²) in [5.41, 5.74) is 7.65. The minimum atomic E-state index is 0.363. The van der Waals surface area contributed by atoms with Crippen molar-refractivity contribution in [3.05, 3.63) is 28.8 Å². The van der Waals surface area contributed by atoms with E-state index in [1.54, 1.807) is 0 Å². The molecule has 1 saturated heterocycles. The number of nitrogens with two attached hydrogens (primary N) is 1. The molecule has 1 fully saturated rings. The lowest BCUT2D eigenvalue weighted by Crippen LogP contribution is -2.51. The largest absolute Gasteiger partial charge is 0.389 e. The molecule has 0 aromatic heterocycles. The molecule has 3 nitrogen and oxygen atoms in total. The Kier molecular flexibility index (Phi) is 4.10. The van der Waals surface area contributed by atoms with E-state index in [-0.39, 0.29) is 0 Å². The van der Waals surface area contributed by atoms with Gasteiger partial charge in [0.1, 0.15) is 4.99 Å². The highest BCUT2D eigenvalue weighted by atomic mass is 35.5. The Morgan fingerprint density at radius 3 is 2.78 bits per heavy atom. The van der Waals surface area contributed by atoms with Gasteiger partial charge in [-0.15, -0.1) is 0 Å². The van der Waals surface area contributed by atoms with Gasteiger partial charge < -0.3 is 15.5 Å². The SMILES string of the molecule is CC1CN(C)CCN1c1cccc(Cl)c1C(N)=S. The summed E-state index contributed by atoms with van der Waals surface area (Å²) in [4.78, 5) is 5.02. The van der Waals surface area contributed by atoms with Crippen molar-refractivity contribution < 1.29 is 0 Å². The van der Waals surface area contributed by atoms with Crippen LogP contribution in [0.5, 0.6) is 0 Å². The predicted octanol–water partition coefficient (Wildman–Crippen LogP) is 2.11. The average molecular weight is 284 g/mol. The molecular weight excluding hydrogens is 266 g/mol. The minimum Gasteiger partial charge on any atom is -0.389 e. The Balaban J connectivity index is 2.39. The number of piperazine rings is 1. The van der Waals surface area contributed by atoms with Crippen molar-refractivity contribution in [3.63, 3.8) is 0 Å². The molecule has 0 aliphatic carbocycles. The van der Waals surface area contributed by atoms with E-state index in [0.29, 0.717) is 16.1 Å². The first kappa shape index (κ1) is 13.6. The molecule has 2 N–H and O–H groups in total. The second-order valence-corrected chi connectivity index (χ2v) is 5.65. The summed E-state index contributed by atoms with van der Waals surface area (Å²) >= 11 is 11.3. The number of thiocarbonyl (C=S) groups is 1. The van der Waals surface area contributed by atoms with Crippen LogP contribution >= 0.6 is 23.8 Å². The number of halogens is 1. The molecule has 1 unspecified atom stereocenters. The van der Waals surface area contributed by atoms with Crippen molar-refractivity contribution in [3.8, 4) is 0 Å². The Labute approximate surface area is 119 Å². The van der Waals surface area contributed by atoms with E-state index in [1.165, 1.54) is 0 Å². The molecule has 1 heterocycles. The van der Waals surface area contributed by atoms with Crippen LogP contribution in [-0.4, -0.2) is 42.6 Å². The minimum absolute atomic E-state index is 0.363. The predicted molar refractivity (Wildman–Crippen MR) is 81.6 cm³/mol. The zero-order valence-corrected chi connectivity index (χ0v) is 12.3. The van der Waals surface area contributed by atoms with Crippen molar-refractivity contribution in [2.75, 3.05) is 31.6 Å². The van der Waals surface area contributed by atoms with Gasteiger partial charge in [-0.1, -0.05) is 29.9 Å². The smallest absolute Gasteiger partial charge is 0.107 e. The fourth-order valence-electron chi connectivity index (χ4n) is 2.49. The molecule has 0 radical (unpaired) electrons. The molecule has 1 aliphatic heterocycles. The van der Waals surface area contributed by atoms with Crippen molar-refractivity contribution in [2.45, 2.75) is 13.0 Å². The third kappa shape index (κ3) is 2.60. The highest BCUT2D eigenvalue weighted by molar-refractivity contribution is 7.80. The summed E-state index contributed by atoms with van der Waals surface area (Å²) in [5.74, 6) is 0. The Bertz CT molecular complexity index is 464. The molecule has 1 atom stereocenters. The zero-order valence-electron chi connectivity index (χ0n) is 10.7. The van der Waals surface area contributed by atoms with E-state index in [1.807, 2.05) is 18.2 Å². The number of rotatable bonds is 2. The van der Waals surface area contributed by atoms with Crippen LogP contribution in [0.15, 0.2) is 18.2 Å². The van der Waals surface area contributed by atoms with Crippen LogP contribution in [0.25, 0.3) is 0 Å². The van der Waals surface area contributed by atoms with Crippen molar-refractivity contribution >= 4 is 34.5 Å². The maximum atomic E-state index is 6.22. The van der Waals surface area contributed by atoms with Crippen LogP contribution in [0.3, 0.4) is 0 Å². The highest BCUT2D eigenvalue weighted by Crippen LogP contribution is 2.29. The van der Waals surface area contributed by atoms with Gasteiger partial charge >= 0.3 is 0 Å². The Hall–Kier alpha value is -0.840. The highest BCUT2D eigenvalue weighted by Gasteiger charge is 2.24. The summed E-state index contributed by atoms with van der Waals surface area (Å²) in [6, 6.07) is 6.25. The van der Waals surface area contributed by atoms with Crippen LogP contribution in [0, 0.1) is 0 Å². The third-order valence-corrected chi connectivity index (χ3v) is 3.90. The molecule has 5 heteroatoms. The van der Waals surface area contributed by atoms with E-state index >= 15 is 0 Å². The van der Waals surface area contributed by atoms with E-state index in [4.69, 9.17) is 29.6 Å². The van der Waals surface area contributed by atoms with Crippen LogP contribution < -0.4 is 10.6 Å². The van der Waals surface area contributed by atoms with Gasteiger partial charge in [-0.3, -0.25) is 0 Å². The lowest BCUT2D eigenvalue weighted by molar-refractivity contribution is 0.275. The maximum absolute atomic E-state index is 6.22. The number of likely N-dealkylation sites (N-methyl/N-ethyl adjacent to an activating group) is 1. The van der Waals surface area contributed by atoms with E-state index < -0.39 is 0 Å². The van der Waals surface area contributed by atoms with Gasteiger partial charge in [0, 0.05) is 31.4 Å². The molecule has 0 amide bonds. The van der Waals surface area contributed by atoms with Crippen LogP contribution in [0.2, 0.25) is 5.02 Å². The van der Waals surface area contributed by atoms with Crippen molar-refractivity contribution in [1.82, 2.24) is 4.90 Å². The maximum Gasteiger partial charge on any atom is 0.107 e. The van der Waals surface area contributed by atoms with Gasteiger partial charge in [0.25, 0.3) is 0 Å². The molecular formula is C13H18ClN3S. The molecule has 98 valence electrons. The fraction of sp³-hybridized carbons (Fsp3) is 0.462. The number of hydrogen-bond acceptors (Lipinski definition) is 3. The number of anilines is 1. The van der Waals surface area contributed by atoms with Crippen molar-refractivity contribution in [2.24, 2.45) is 5.73 Å². The third-order valence-electron chi connectivity index (χ3n) is 3.38. The molecule has 18 heavy (non-hydrogen) atoms. The zero-order chi connectivity index (χ0) is 13.3. The number of hydrogen-bond donors (Lipinski definition) is 1. The monoisotopic (exact) mass is 283 g/mol. The van der Waals surface area contributed by atoms with Gasteiger partial charge in [0.05, 0.1) is 10.6 Å². The van der Waals surface area contributed by atoms with Gasteiger partial charge in [0.2, 0.25) is 0 Å². The van der Waals surface area contributed by atoms with Gasteiger partial charge in [-0.2, -0.15) is 0 Å². The van der Waals surface area contributed by atoms with E-state index in [0.717, 1.165) is 30.9 Å². The van der Waals surface area contributed by atoms with Gasteiger partial charge in [0.15, 0.2) is 0 Å². The molecule has 0 saturated carbocycles. The molecule has 0 spiro atoms. The first-order chi connectivity index (χ1) is 8.50. The van der Waals surface area contributed by atoms with Gasteiger partial charge in [-0.05, 0) is 26.1 Å². The number of nitrogens with zero attached hydrogens (tertiary/aromatic N) is 2. The van der Waals surface area contributed by atoms with Crippen LogP contribution in [-0.2, 0) is 0 Å². The Morgan fingerprint density at radius 1 is 1.44 bits per heavy atom. The summed E-state index contributed by atoms with van der Waals surface area (Å²) in [6.07, 6.45) is 0. The second kappa shape index (κ2) is 5.43. The first-order valence-electron chi connectivity index (χ1n) is 6.04. The van der Waals surface area contributed by atoms with Crippen LogP contribution in [0.4, 0.5) is 5.69 Å². The lowest BCUT2D eigenvalue weighted by Gasteiger charge is -2.40.